The largest absolute Gasteiger partial charge is 0.480 e. The van der Waals surface area contributed by atoms with E-state index in [2.05, 4.69) is 0 Å². The summed E-state index contributed by atoms with van der Waals surface area (Å²) in [5.74, 6) is -1.14. The summed E-state index contributed by atoms with van der Waals surface area (Å²) in [6.07, 6.45) is -0.621. The summed E-state index contributed by atoms with van der Waals surface area (Å²) in [7, 11) is -4.32. The first-order valence-corrected chi connectivity index (χ1v) is 6.70. The first-order chi connectivity index (χ1) is 7.81. The van der Waals surface area contributed by atoms with Crippen LogP contribution in [0.2, 0.25) is 0 Å². The maximum Gasteiger partial charge on any atom is 0.344 e. The topological polar surface area (TPSA) is 98.1 Å². The lowest BCUT2D eigenvalue weighted by molar-refractivity contribution is -0.138. The highest BCUT2D eigenvalue weighted by molar-refractivity contribution is 7.51. The number of carbonyl (C=O) groups is 1. The Morgan fingerprint density at radius 1 is 1.35 bits per heavy atom. The molecule has 0 saturated heterocycles. The number of para-hydroxylation sites is 1. The molecule has 1 aromatic rings. The van der Waals surface area contributed by atoms with Crippen molar-refractivity contribution in [2.75, 3.05) is 11.2 Å². The van der Waals surface area contributed by atoms with Crippen molar-refractivity contribution in [1.29, 1.82) is 0 Å². The van der Waals surface area contributed by atoms with Gasteiger partial charge in [0.2, 0.25) is 0 Å². The highest BCUT2D eigenvalue weighted by atomic mass is 31.2. The normalized spacial score (nSPS) is 13.1. The van der Waals surface area contributed by atoms with Gasteiger partial charge in [-0.3, -0.25) is 4.57 Å². The van der Waals surface area contributed by atoms with Crippen LogP contribution < -0.4 is 4.90 Å². The molecule has 0 aliphatic heterocycles. The molecule has 0 aliphatic carbocycles. The number of hydrogen-bond donors (Lipinski definition) is 3. The van der Waals surface area contributed by atoms with Gasteiger partial charge in [-0.25, -0.2) is 4.79 Å². The van der Waals surface area contributed by atoms with Crippen molar-refractivity contribution in [3.05, 3.63) is 30.3 Å². The fraction of sp³-hybridized carbons (Fsp3) is 0.300. The molecule has 0 saturated carbocycles. The second-order valence-electron chi connectivity index (χ2n) is 3.63. The molecule has 3 N–H and O–H groups in total. The third-order valence-corrected chi connectivity index (χ3v) is 2.92. The van der Waals surface area contributed by atoms with Crippen molar-refractivity contribution >= 4 is 19.3 Å². The lowest BCUT2D eigenvalue weighted by Crippen LogP contribution is -2.39. The Morgan fingerprint density at radius 3 is 2.29 bits per heavy atom. The number of rotatable bonds is 5. The first kappa shape index (κ1) is 13.7. The molecule has 0 amide bonds. The molecule has 0 aliphatic rings. The number of carboxylic acids is 1. The predicted molar refractivity (Wildman–Crippen MR) is 62.9 cm³/mol. The van der Waals surface area contributed by atoms with Gasteiger partial charge in [-0.2, -0.15) is 0 Å². The molecule has 0 radical (unpaired) electrons. The van der Waals surface area contributed by atoms with Crippen LogP contribution in [0, 0.1) is 0 Å². The van der Waals surface area contributed by atoms with E-state index in [1.165, 1.54) is 11.8 Å². The van der Waals surface area contributed by atoms with Crippen molar-refractivity contribution in [1.82, 2.24) is 0 Å². The number of benzene rings is 1. The summed E-state index contributed by atoms with van der Waals surface area (Å²) >= 11 is 0. The number of nitrogens with zero attached hydrogens (tertiary/aromatic N) is 1. The lowest BCUT2D eigenvalue weighted by atomic mass is 10.2. The van der Waals surface area contributed by atoms with Crippen LogP contribution in [0.25, 0.3) is 0 Å². The van der Waals surface area contributed by atoms with E-state index in [1.807, 2.05) is 0 Å². The summed E-state index contributed by atoms with van der Waals surface area (Å²) in [5, 5.41) is 8.92. The van der Waals surface area contributed by atoms with Crippen molar-refractivity contribution in [2.45, 2.75) is 13.0 Å². The zero-order chi connectivity index (χ0) is 13.1. The van der Waals surface area contributed by atoms with Crippen LogP contribution >= 0.6 is 7.60 Å². The van der Waals surface area contributed by atoms with E-state index >= 15 is 0 Å². The van der Waals surface area contributed by atoms with E-state index in [0.717, 1.165) is 0 Å². The Hall–Kier alpha value is -1.36. The minimum atomic E-state index is -4.32. The van der Waals surface area contributed by atoms with Crippen LogP contribution in [0.5, 0.6) is 0 Å². The number of carboxylic acid groups (broad SMARTS) is 1. The summed E-state index contributed by atoms with van der Waals surface area (Å²) in [5.41, 5.74) is 0.464. The zero-order valence-electron chi connectivity index (χ0n) is 9.22. The third kappa shape index (κ3) is 4.19. The van der Waals surface area contributed by atoms with E-state index < -0.39 is 25.9 Å². The molecule has 0 fully saturated rings. The average molecular weight is 259 g/mol. The fourth-order valence-electron chi connectivity index (χ4n) is 1.38. The van der Waals surface area contributed by atoms with Crippen LogP contribution in [0.3, 0.4) is 0 Å². The van der Waals surface area contributed by atoms with Gasteiger partial charge in [0.25, 0.3) is 0 Å². The molecule has 17 heavy (non-hydrogen) atoms. The maximum atomic E-state index is 11.0. The smallest absolute Gasteiger partial charge is 0.344 e. The second-order valence-corrected chi connectivity index (χ2v) is 5.24. The van der Waals surface area contributed by atoms with Gasteiger partial charge < -0.3 is 19.8 Å². The monoisotopic (exact) mass is 259 g/mol. The lowest BCUT2D eigenvalue weighted by Gasteiger charge is -2.28. The van der Waals surface area contributed by atoms with Gasteiger partial charge >= 0.3 is 13.6 Å². The van der Waals surface area contributed by atoms with Crippen molar-refractivity contribution < 1.29 is 24.3 Å². The van der Waals surface area contributed by atoms with Crippen LogP contribution in [0.4, 0.5) is 5.69 Å². The Labute approximate surface area is 98.7 Å². The van der Waals surface area contributed by atoms with Gasteiger partial charge in [0.05, 0.1) is 0 Å². The Bertz CT molecular complexity index is 430. The van der Waals surface area contributed by atoms with Crippen LogP contribution in [0.15, 0.2) is 30.3 Å². The van der Waals surface area contributed by atoms with Gasteiger partial charge in [-0.1, -0.05) is 18.2 Å². The van der Waals surface area contributed by atoms with Gasteiger partial charge in [0, 0.05) is 5.69 Å². The molecule has 1 atom stereocenters. The number of aliphatic carboxylic acids is 1. The molecular weight excluding hydrogens is 245 g/mol. The SMILES string of the molecule is CC(C(=O)O)N(CP(=O)(O)O)c1ccccc1. The average Bonchev–Trinajstić information content (AvgIpc) is 2.25. The van der Waals surface area contributed by atoms with E-state index in [1.54, 1.807) is 30.3 Å². The van der Waals surface area contributed by atoms with Crippen LogP contribution in [-0.4, -0.2) is 33.2 Å². The van der Waals surface area contributed by atoms with Gasteiger partial charge in [0.15, 0.2) is 0 Å². The Balaban J connectivity index is 3.03. The molecular formula is C10H14NO5P. The van der Waals surface area contributed by atoms with E-state index in [0.29, 0.717) is 5.69 Å². The quantitative estimate of drug-likeness (QED) is 0.685. The van der Waals surface area contributed by atoms with Crippen molar-refractivity contribution in [3.63, 3.8) is 0 Å². The number of anilines is 1. The minimum Gasteiger partial charge on any atom is -0.480 e. The van der Waals surface area contributed by atoms with Crippen molar-refractivity contribution in [2.24, 2.45) is 0 Å². The number of hydrogen-bond acceptors (Lipinski definition) is 3. The molecule has 1 rings (SSSR count). The Kier molecular flexibility index (Phi) is 4.28. The van der Waals surface area contributed by atoms with E-state index in [4.69, 9.17) is 14.9 Å². The molecule has 7 heteroatoms. The highest BCUT2D eigenvalue weighted by Gasteiger charge is 2.27. The van der Waals surface area contributed by atoms with E-state index in [9.17, 15) is 9.36 Å². The molecule has 94 valence electrons. The van der Waals surface area contributed by atoms with Gasteiger partial charge in [0.1, 0.15) is 12.3 Å². The summed E-state index contributed by atoms with van der Waals surface area (Å²) in [4.78, 5) is 30.0. The first-order valence-electron chi connectivity index (χ1n) is 4.90. The molecule has 1 unspecified atom stereocenters. The zero-order valence-corrected chi connectivity index (χ0v) is 10.1. The summed E-state index contributed by atoms with van der Waals surface area (Å²) in [6, 6.07) is 7.30. The van der Waals surface area contributed by atoms with Gasteiger partial charge in [-0.15, -0.1) is 0 Å². The van der Waals surface area contributed by atoms with Gasteiger partial charge in [-0.05, 0) is 19.1 Å². The molecule has 0 aromatic heterocycles. The Morgan fingerprint density at radius 2 is 1.88 bits per heavy atom. The summed E-state index contributed by atoms with van der Waals surface area (Å²) < 4.78 is 11.0. The van der Waals surface area contributed by atoms with Crippen molar-refractivity contribution in [3.8, 4) is 0 Å². The fourth-order valence-corrected chi connectivity index (χ4v) is 2.18. The minimum absolute atomic E-state index is 0.464. The molecule has 6 nitrogen and oxygen atoms in total. The molecule has 0 spiro atoms. The molecule has 0 heterocycles. The van der Waals surface area contributed by atoms with Crippen LogP contribution in [-0.2, 0) is 9.36 Å². The predicted octanol–water partition coefficient (Wildman–Crippen LogP) is 1.10. The maximum absolute atomic E-state index is 11.0. The second kappa shape index (κ2) is 5.31. The summed E-state index contributed by atoms with van der Waals surface area (Å²) in [6.45, 7) is 1.38. The third-order valence-electron chi connectivity index (χ3n) is 2.25. The molecule has 0 bridgehead atoms. The molecule has 1 aromatic carbocycles. The van der Waals surface area contributed by atoms with Crippen LogP contribution in [0.1, 0.15) is 6.92 Å². The van der Waals surface area contributed by atoms with E-state index in [-0.39, 0.29) is 0 Å². The standard InChI is InChI=1S/C10H14NO5P/c1-8(10(12)13)11(7-17(14,15)16)9-5-3-2-4-6-9/h2-6,8H,7H2,1H3,(H,12,13)(H2,14,15,16). The highest BCUT2D eigenvalue weighted by Crippen LogP contribution is 2.37.